The number of nitrogens with two attached hydrogens (primary N) is 1. The van der Waals surface area contributed by atoms with Crippen LogP contribution in [0.4, 0.5) is 11.4 Å². The number of anilines is 1. The molecule has 2 atom stereocenters. The fraction of sp³-hybridized carbons (Fsp3) is 0.538. The third-order valence-electron chi connectivity index (χ3n) is 3.68. The van der Waals surface area contributed by atoms with Crippen molar-refractivity contribution in [3.05, 3.63) is 33.3 Å². The van der Waals surface area contributed by atoms with Gasteiger partial charge in [0, 0.05) is 30.2 Å². The van der Waals surface area contributed by atoms with E-state index in [2.05, 4.69) is 0 Å². The number of hydrogen-bond acceptors (Lipinski definition) is 4. The van der Waals surface area contributed by atoms with Crippen molar-refractivity contribution in [2.75, 3.05) is 18.0 Å². The second-order valence-corrected chi connectivity index (χ2v) is 5.53. The van der Waals surface area contributed by atoms with Crippen molar-refractivity contribution in [1.82, 2.24) is 0 Å². The van der Waals surface area contributed by atoms with E-state index >= 15 is 0 Å². The Bertz CT molecular complexity index is 479. The Hall–Kier alpha value is -1.33. The fourth-order valence-electron chi connectivity index (χ4n) is 2.56. The van der Waals surface area contributed by atoms with Crippen LogP contribution in [0, 0.1) is 16.0 Å². The summed E-state index contributed by atoms with van der Waals surface area (Å²) in [7, 11) is 0. The first-order valence-corrected chi connectivity index (χ1v) is 6.81. The van der Waals surface area contributed by atoms with Crippen LogP contribution in [0.25, 0.3) is 0 Å². The number of benzene rings is 1. The SMILES string of the molecule is CC(N)C1CCCN(c2cc(Cl)ccc2[N+](=O)[O-])C1. The van der Waals surface area contributed by atoms with Crippen LogP contribution in [0.1, 0.15) is 19.8 Å². The Morgan fingerprint density at radius 2 is 2.32 bits per heavy atom. The standard InChI is InChI=1S/C13H18ClN3O2/c1-9(15)10-3-2-6-16(8-10)13-7-11(14)4-5-12(13)17(18)19/h4-5,7,9-10H,2-3,6,8,15H2,1H3. The van der Waals surface area contributed by atoms with E-state index in [1.54, 1.807) is 12.1 Å². The molecule has 0 aromatic heterocycles. The quantitative estimate of drug-likeness (QED) is 0.684. The summed E-state index contributed by atoms with van der Waals surface area (Å²) in [5, 5.41) is 11.6. The number of nitrogens with zero attached hydrogens (tertiary/aromatic N) is 2. The van der Waals surface area contributed by atoms with Crippen molar-refractivity contribution in [1.29, 1.82) is 0 Å². The normalized spacial score (nSPS) is 21.2. The van der Waals surface area contributed by atoms with E-state index in [-0.39, 0.29) is 16.7 Å². The zero-order valence-corrected chi connectivity index (χ0v) is 11.6. The van der Waals surface area contributed by atoms with E-state index in [4.69, 9.17) is 17.3 Å². The maximum absolute atomic E-state index is 11.1. The lowest BCUT2D eigenvalue weighted by molar-refractivity contribution is -0.384. The van der Waals surface area contributed by atoms with Crippen molar-refractivity contribution in [3.8, 4) is 0 Å². The van der Waals surface area contributed by atoms with E-state index in [0.29, 0.717) is 16.6 Å². The molecule has 2 unspecified atom stereocenters. The van der Waals surface area contributed by atoms with Crippen LogP contribution in [0.3, 0.4) is 0 Å². The summed E-state index contributed by atoms with van der Waals surface area (Å²) < 4.78 is 0. The summed E-state index contributed by atoms with van der Waals surface area (Å²) in [6.07, 6.45) is 2.07. The first kappa shape index (κ1) is 14.1. The first-order chi connectivity index (χ1) is 8.99. The summed E-state index contributed by atoms with van der Waals surface area (Å²) in [5.74, 6) is 0.368. The molecule has 6 heteroatoms. The van der Waals surface area contributed by atoms with Crippen LogP contribution in [-0.4, -0.2) is 24.1 Å². The average Bonchev–Trinajstić information content (AvgIpc) is 2.38. The molecule has 1 aromatic rings. The van der Waals surface area contributed by atoms with E-state index in [1.165, 1.54) is 6.07 Å². The lowest BCUT2D eigenvalue weighted by Crippen LogP contribution is -2.42. The zero-order chi connectivity index (χ0) is 14.0. The molecule has 2 N–H and O–H groups in total. The van der Waals surface area contributed by atoms with Gasteiger partial charge in [-0.05, 0) is 37.8 Å². The highest BCUT2D eigenvalue weighted by atomic mass is 35.5. The van der Waals surface area contributed by atoms with E-state index < -0.39 is 0 Å². The maximum Gasteiger partial charge on any atom is 0.292 e. The molecule has 0 bridgehead atoms. The number of nitro groups is 1. The Balaban J connectivity index is 2.30. The van der Waals surface area contributed by atoms with Crippen LogP contribution in [-0.2, 0) is 0 Å². The molecule has 5 nitrogen and oxygen atoms in total. The predicted molar refractivity (Wildman–Crippen MR) is 76.7 cm³/mol. The van der Waals surface area contributed by atoms with Gasteiger partial charge >= 0.3 is 0 Å². The van der Waals surface area contributed by atoms with Crippen molar-refractivity contribution >= 4 is 23.0 Å². The first-order valence-electron chi connectivity index (χ1n) is 6.43. The molecule has 1 aromatic carbocycles. The summed E-state index contributed by atoms with van der Waals surface area (Å²) in [4.78, 5) is 12.8. The number of piperidine rings is 1. The van der Waals surface area contributed by atoms with Gasteiger partial charge in [0.05, 0.1) is 4.92 Å². The molecule has 1 saturated heterocycles. The van der Waals surface area contributed by atoms with Gasteiger partial charge in [0.1, 0.15) is 5.69 Å². The zero-order valence-electron chi connectivity index (χ0n) is 10.9. The van der Waals surface area contributed by atoms with Gasteiger partial charge < -0.3 is 10.6 Å². The highest BCUT2D eigenvalue weighted by molar-refractivity contribution is 6.31. The Morgan fingerprint density at radius 1 is 1.58 bits per heavy atom. The molecular formula is C13H18ClN3O2. The molecule has 0 aliphatic carbocycles. The second kappa shape index (κ2) is 5.75. The van der Waals surface area contributed by atoms with Gasteiger partial charge in [0.15, 0.2) is 0 Å². The maximum atomic E-state index is 11.1. The van der Waals surface area contributed by atoms with Gasteiger partial charge in [-0.1, -0.05) is 11.6 Å². The van der Waals surface area contributed by atoms with E-state index in [9.17, 15) is 10.1 Å². The summed E-state index contributed by atoms with van der Waals surface area (Å²) in [6.45, 7) is 3.55. The van der Waals surface area contributed by atoms with Crippen molar-refractivity contribution in [2.45, 2.75) is 25.8 Å². The Kier molecular flexibility index (Phi) is 4.27. The number of rotatable bonds is 3. The molecule has 2 rings (SSSR count). The van der Waals surface area contributed by atoms with Crippen LogP contribution >= 0.6 is 11.6 Å². The van der Waals surface area contributed by atoms with Gasteiger partial charge in [0.25, 0.3) is 5.69 Å². The smallest absolute Gasteiger partial charge is 0.292 e. The third-order valence-corrected chi connectivity index (χ3v) is 3.91. The molecule has 0 amide bonds. The lowest BCUT2D eigenvalue weighted by Gasteiger charge is -2.35. The minimum absolute atomic E-state index is 0.0982. The number of hydrogen-bond donors (Lipinski definition) is 1. The van der Waals surface area contributed by atoms with Crippen LogP contribution in [0.5, 0.6) is 0 Å². The molecule has 0 saturated carbocycles. The summed E-state index contributed by atoms with van der Waals surface area (Å²) in [5.41, 5.74) is 6.65. The number of halogens is 1. The molecule has 0 radical (unpaired) electrons. The summed E-state index contributed by atoms with van der Waals surface area (Å²) in [6, 6.07) is 4.79. The largest absolute Gasteiger partial charge is 0.366 e. The molecular weight excluding hydrogens is 266 g/mol. The second-order valence-electron chi connectivity index (χ2n) is 5.10. The molecule has 19 heavy (non-hydrogen) atoms. The molecule has 1 aliphatic rings. The van der Waals surface area contributed by atoms with Gasteiger partial charge in [-0.15, -0.1) is 0 Å². The molecule has 1 heterocycles. The van der Waals surface area contributed by atoms with E-state index in [1.807, 2.05) is 11.8 Å². The molecule has 0 spiro atoms. The van der Waals surface area contributed by atoms with Gasteiger partial charge in [-0.25, -0.2) is 0 Å². The van der Waals surface area contributed by atoms with Crippen LogP contribution in [0.2, 0.25) is 5.02 Å². The van der Waals surface area contributed by atoms with Gasteiger partial charge in [-0.2, -0.15) is 0 Å². The number of nitro benzene ring substituents is 1. The Labute approximate surface area is 117 Å². The Morgan fingerprint density at radius 3 is 2.95 bits per heavy atom. The molecule has 104 valence electrons. The van der Waals surface area contributed by atoms with Crippen LogP contribution < -0.4 is 10.6 Å². The van der Waals surface area contributed by atoms with Crippen molar-refractivity contribution in [3.63, 3.8) is 0 Å². The predicted octanol–water partition coefficient (Wildman–Crippen LogP) is 2.81. The third kappa shape index (κ3) is 3.16. The minimum Gasteiger partial charge on any atom is -0.366 e. The minimum atomic E-state index is -0.360. The van der Waals surface area contributed by atoms with Crippen molar-refractivity contribution < 1.29 is 4.92 Å². The van der Waals surface area contributed by atoms with Gasteiger partial charge in [0.2, 0.25) is 0 Å². The van der Waals surface area contributed by atoms with Crippen molar-refractivity contribution in [2.24, 2.45) is 11.7 Å². The fourth-order valence-corrected chi connectivity index (χ4v) is 2.73. The van der Waals surface area contributed by atoms with E-state index in [0.717, 1.165) is 25.9 Å². The monoisotopic (exact) mass is 283 g/mol. The molecule has 1 aliphatic heterocycles. The lowest BCUT2D eigenvalue weighted by atomic mass is 9.92. The average molecular weight is 284 g/mol. The molecule has 1 fully saturated rings. The highest BCUT2D eigenvalue weighted by Crippen LogP contribution is 2.34. The van der Waals surface area contributed by atoms with Crippen LogP contribution in [0.15, 0.2) is 18.2 Å². The summed E-state index contributed by atoms with van der Waals surface area (Å²) >= 11 is 5.97. The topological polar surface area (TPSA) is 72.4 Å². The highest BCUT2D eigenvalue weighted by Gasteiger charge is 2.27. The van der Waals surface area contributed by atoms with Gasteiger partial charge in [-0.3, -0.25) is 10.1 Å².